The molecule has 5 nitrogen and oxygen atoms in total. The van der Waals surface area contributed by atoms with Crippen molar-refractivity contribution >= 4 is 12.1 Å². The molecule has 5 heteroatoms. The summed E-state index contributed by atoms with van der Waals surface area (Å²) in [6.07, 6.45) is 0.899. The van der Waals surface area contributed by atoms with E-state index < -0.39 is 4.92 Å². The Hall–Kier alpha value is -1.26. The van der Waals surface area contributed by atoms with Crippen LogP contribution in [0.25, 0.3) is 0 Å². The number of nitrogens with zero attached hydrogens (tertiary/aromatic N) is 3. The van der Waals surface area contributed by atoms with Gasteiger partial charge in [0.1, 0.15) is 6.21 Å². The first-order valence-corrected chi connectivity index (χ1v) is 2.45. The van der Waals surface area contributed by atoms with Crippen molar-refractivity contribution in [2.45, 2.75) is 13.1 Å². The molecule has 0 bridgehead atoms. The van der Waals surface area contributed by atoms with Crippen LogP contribution in [0.15, 0.2) is 9.98 Å². The van der Waals surface area contributed by atoms with Crippen molar-refractivity contribution in [2.75, 3.05) is 0 Å². The van der Waals surface area contributed by atoms with E-state index in [0.29, 0.717) is 0 Å². The van der Waals surface area contributed by atoms with Crippen molar-refractivity contribution in [3.05, 3.63) is 10.1 Å². The van der Waals surface area contributed by atoms with E-state index in [1.54, 1.807) is 6.92 Å². The normalized spacial score (nSPS) is 24.1. The van der Waals surface area contributed by atoms with Gasteiger partial charge in [0.05, 0.1) is 0 Å². The number of hydrogen-bond acceptors (Lipinski definition) is 4. The second-order valence-electron chi connectivity index (χ2n) is 1.65. The molecule has 0 saturated heterocycles. The molecular weight excluding hydrogens is 122 g/mol. The molecule has 1 heterocycles. The van der Waals surface area contributed by atoms with Crippen molar-refractivity contribution < 1.29 is 4.92 Å². The average molecular weight is 127 g/mol. The van der Waals surface area contributed by atoms with Gasteiger partial charge in [0.15, 0.2) is 0 Å². The third kappa shape index (κ3) is 1.10. The summed E-state index contributed by atoms with van der Waals surface area (Å²) >= 11 is 0. The van der Waals surface area contributed by atoms with E-state index in [4.69, 9.17) is 0 Å². The number of amidine groups is 1. The molecule has 0 saturated carbocycles. The van der Waals surface area contributed by atoms with Gasteiger partial charge in [-0.1, -0.05) is 4.99 Å². The van der Waals surface area contributed by atoms with Gasteiger partial charge in [0.2, 0.25) is 6.17 Å². The van der Waals surface area contributed by atoms with Gasteiger partial charge in [-0.15, -0.1) is 0 Å². The van der Waals surface area contributed by atoms with Crippen molar-refractivity contribution in [1.29, 1.82) is 0 Å². The summed E-state index contributed by atoms with van der Waals surface area (Å²) in [6.45, 7) is 1.69. The first kappa shape index (κ1) is 5.87. The van der Waals surface area contributed by atoms with E-state index in [-0.39, 0.29) is 12.0 Å². The van der Waals surface area contributed by atoms with Gasteiger partial charge in [-0.2, -0.15) is 0 Å². The fourth-order valence-electron chi connectivity index (χ4n) is 0.527. The van der Waals surface area contributed by atoms with Crippen LogP contribution in [-0.4, -0.2) is 23.1 Å². The number of hydrogen-bond donors (Lipinski definition) is 0. The summed E-state index contributed by atoms with van der Waals surface area (Å²) in [5.41, 5.74) is 0. The van der Waals surface area contributed by atoms with Gasteiger partial charge in [-0.3, -0.25) is 0 Å². The Kier molecular flexibility index (Phi) is 1.26. The highest BCUT2D eigenvalue weighted by Crippen LogP contribution is 1.98. The van der Waals surface area contributed by atoms with Gasteiger partial charge in [0, 0.05) is 6.92 Å². The molecule has 0 amide bonds. The lowest BCUT2D eigenvalue weighted by Gasteiger charge is -1.84. The maximum atomic E-state index is 9.93. The number of nitro groups is 1. The Balaban J connectivity index is 2.75. The Morgan fingerprint density at radius 2 is 2.56 bits per heavy atom. The Morgan fingerprint density at radius 3 is 2.78 bits per heavy atom. The molecule has 1 rings (SSSR count). The van der Waals surface area contributed by atoms with Crippen molar-refractivity contribution in [3.63, 3.8) is 0 Å². The van der Waals surface area contributed by atoms with E-state index in [0.717, 1.165) is 0 Å². The number of rotatable bonds is 0. The predicted octanol–water partition coefficient (Wildman–Crippen LogP) is 0.0920. The van der Waals surface area contributed by atoms with E-state index >= 15 is 0 Å². The molecule has 0 aliphatic carbocycles. The topological polar surface area (TPSA) is 67.9 Å². The maximum absolute atomic E-state index is 9.93. The molecule has 0 fully saturated rings. The smallest absolute Gasteiger partial charge is 0.358 e. The standard InChI is InChI=1S/C4H5N3O2/c1-3-5-2-4(6-3)7(8)9/h2-3H,1H3. The zero-order chi connectivity index (χ0) is 6.85. The largest absolute Gasteiger partial charge is 0.378 e. The second kappa shape index (κ2) is 1.93. The summed E-state index contributed by atoms with van der Waals surface area (Å²) in [7, 11) is 0. The van der Waals surface area contributed by atoms with Crippen molar-refractivity contribution in [3.8, 4) is 0 Å². The lowest BCUT2D eigenvalue weighted by atomic mass is 10.6. The molecule has 48 valence electrons. The van der Waals surface area contributed by atoms with Crippen molar-refractivity contribution in [1.82, 2.24) is 0 Å². The monoisotopic (exact) mass is 127 g/mol. The zero-order valence-corrected chi connectivity index (χ0v) is 4.81. The van der Waals surface area contributed by atoms with Gasteiger partial charge in [-0.05, 0) is 4.92 Å². The van der Waals surface area contributed by atoms with Crippen LogP contribution in [-0.2, 0) is 0 Å². The highest BCUT2D eigenvalue weighted by atomic mass is 16.6. The predicted molar refractivity (Wildman–Crippen MR) is 32.4 cm³/mol. The van der Waals surface area contributed by atoms with Gasteiger partial charge < -0.3 is 10.1 Å². The SMILES string of the molecule is CC1N=CC([N+](=O)[O-])=N1. The molecule has 1 aliphatic rings. The third-order valence-corrected chi connectivity index (χ3v) is 0.912. The molecule has 0 radical (unpaired) electrons. The minimum Gasteiger partial charge on any atom is -0.358 e. The van der Waals surface area contributed by atoms with Crippen LogP contribution in [0.5, 0.6) is 0 Å². The molecule has 0 spiro atoms. The Morgan fingerprint density at radius 1 is 1.89 bits per heavy atom. The first-order chi connectivity index (χ1) is 4.20. The van der Waals surface area contributed by atoms with Crippen LogP contribution in [0.3, 0.4) is 0 Å². The molecule has 0 aromatic rings. The molecule has 1 aliphatic heterocycles. The van der Waals surface area contributed by atoms with E-state index in [1.165, 1.54) is 6.21 Å². The highest BCUT2D eigenvalue weighted by molar-refractivity contribution is 6.26. The minimum absolute atomic E-state index is 0.150. The van der Waals surface area contributed by atoms with Gasteiger partial charge in [-0.25, -0.2) is 4.99 Å². The summed E-state index contributed by atoms with van der Waals surface area (Å²) in [6, 6.07) is 0. The fraction of sp³-hybridized carbons (Fsp3) is 0.500. The van der Waals surface area contributed by atoms with Crippen LogP contribution in [0.2, 0.25) is 0 Å². The number of aliphatic imine (C=N–C) groups is 2. The summed E-state index contributed by atoms with van der Waals surface area (Å²) in [5.74, 6) is -0.150. The second-order valence-corrected chi connectivity index (χ2v) is 1.65. The molecule has 0 aromatic heterocycles. The molecule has 1 atom stereocenters. The molecular formula is C4H5N3O2. The summed E-state index contributed by atoms with van der Waals surface area (Å²) < 4.78 is 0. The third-order valence-electron chi connectivity index (χ3n) is 0.912. The zero-order valence-electron chi connectivity index (χ0n) is 4.81. The van der Waals surface area contributed by atoms with Gasteiger partial charge >= 0.3 is 5.84 Å². The van der Waals surface area contributed by atoms with Crippen molar-refractivity contribution in [2.24, 2.45) is 9.98 Å². The maximum Gasteiger partial charge on any atom is 0.378 e. The molecule has 0 aromatic carbocycles. The van der Waals surface area contributed by atoms with Crippen LogP contribution in [0.4, 0.5) is 0 Å². The van der Waals surface area contributed by atoms with E-state index in [1.807, 2.05) is 0 Å². The van der Waals surface area contributed by atoms with Crippen LogP contribution >= 0.6 is 0 Å². The molecule has 0 N–H and O–H groups in total. The van der Waals surface area contributed by atoms with Crippen LogP contribution in [0, 0.1) is 10.1 Å². The lowest BCUT2D eigenvalue weighted by Crippen LogP contribution is -2.10. The van der Waals surface area contributed by atoms with E-state index in [9.17, 15) is 10.1 Å². The molecule has 1 unspecified atom stereocenters. The van der Waals surface area contributed by atoms with Gasteiger partial charge in [0.25, 0.3) is 0 Å². The Bertz CT molecular complexity index is 196. The summed E-state index contributed by atoms with van der Waals surface area (Å²) in [5, 5.41) is 9.93. The fourth-order valence-corrected chi connectivity index (χ4v) is 0.527. The quantitative estimate of drug-likeness (QED) is 0.342. The van der Waals surface area contributed by atoms with E-state index in [2.05, 4.69) is 9.98 Å². The molecule has 9 heavy (non-hydrogen) atoms. The van der Waals surface area contributed by atoms with Crippen LogP contribution in [0.1, 0.15) is 6.92 Å². The average Bonchev–Trinajstić information content (AvgIpc) is 2.14. The minimum atomic E-state index is -0.549. The summed E-state index contributed by atoms with van der Waals surface area (Å²) in [4.78, 5) is 16.6. The lowest BCUT2D eigenvalue weighted by molar-refractivity contribution is -0.345. The highest BCUT2D eigenvalue weighted by Gasteiger charge is 2.18. The first-order valence-electron chi connectivity index (χ1n) is 2.45. The van der Waals surface area contributed by atoms with Crippen LogP contribution < -0.4 is 0 Å². The Labute approximate surface area is 51.3 Å².